The lowest BCUT2D eigenvalue weighted by atomic mass is 10.1. The lowest BCUT2D eigenvalue weighted by Crippen LogP contribution is -2.43. The fraction of sp³-hybridized carbons (Fsp3) is 0.560. The van der Waals surface area contributed by atoms with Crippen LogP contribution >= 0.6 is 12.6 Å². The highest BCUT2D eigenvalue weighted by molar-refractivity contribution is 7.80. The normalized spacial score (nSPS) is 13.3. The number of allylic oxidation sites excluding steroid dienone is 7. The van der Waals surface area contributed by atoms with E-state index in [0.717, 1.165) is 6.42 Å². The number of carbonyl (C=O) groups excluding carboxylic acids is 1. The zero-order valence-electron chi connectivity index (χ0n) is 20.1. The molecule has 1 amide bonds. The highest BCUT2D eigenvalue weighted by Gasteiger charge is 2.11. The van der Waals surface area contributed by atoms with Gasteiger partial charge in [0.1, 0.15) is 6.54 Å². The summed E-state index contributed by atoms with van der Waals surface area (Å²) >= 11 is 3.77. The van der Waals surface area contributed by atoms with Gasteiger partial charge in [-0.15, -0.1) is 0 Å². The Bertz CT molecular complexity index is 662. The molecule has 0 rings (SSSR count). The van der Waals surface area contributed by atoms with Crippen molar-refractivity contribution in [2.24, 2.45) is 5.73 Å². The van der Waals surface area contributed by atoms with Gasteiger partial charge in [0.15, 0.2) is 0 Å². The third-order valence-electron chi connectivity index (χ3n) is 4.30. The smallest absolute Gasteiger partial charge is 0.322 e. The lowest BCUT2D eigenvalue weighted by Gasteiger charge is -2.06. The van der Waals surface area contributed by atoms with Crippen molar-refractivity contribution < 1.29 is 29.7 Å². The first-order valence-electron chi connectivity index (χ1n) is 11.6. The Morgan fingerprint density at radius 3 is 2.21 bits per heavy atom. The first-order chi connectivity index (χ1) is 16.2. The Labute approximate surface area is 209 Å². The van der Waals surface area contributed by atoms with Crippen LogP contribution in [0.25, 0.3) is 0 Å². The molecule has 8 nitrogen and oxygen atoms in total. The maximum Gasteiger partial charge on any atom is 0.322 e. The van der Waals surface area contributed by atoms with Crippen molar-refractivity contribution in [3.05, 3.63) is 48.6 Å². The summed E-state index contributed by atoms with van der Waals surface area (Å²) in [4.78, 5) is 31.0. The average molecular weight is 499 g/mol. The Morgan fingerprint density at radius 1 is 0.941 bits per heavy atom. The fourth-order valence-corrected chi connectivity index (χ4v) is 2.55. The van der Waals surface area contributed by atoms with Crippen LogP contribution in [-0.4, -0.2) is 57.6 Å². The number of nitrogens with two attached hydrogens (primary N) is 1. The van der Waals surface area contributed by atoms with E-state index < -0.39 is 36.5 Å². The third-order valence-corrected chi connectivity index (χ3v) is 4.70. The standard InChI is InChI=1S/C20H32O3.C5H10N2O3S/c1-2-3-4-5-6-7-8-9-10-11-12-13-14-16-19(21)17-15-18-20(22)23;6-3(2-11)5(10)7-1-4(8)9/h6-7,9-14,19,21H,2-5,8,15-18H2,1H3,(H,22,23);3,11H,1-2,6H2,(H,7,10)(H,8,9)/b7-6-,10-9-,12-11+,14-13+;. The second-order valence-electron chi connectivity index (χ2n) is 7.52. The van der Waals surface area contributed by atoms with Crippen molar-refractivity contribution in [1.29, 1.82) is 0 Å². The predicted octanol–water partition coefficient (Wildman–Crippen LogP) is 3.63. The van der Waals surface area contributed by atoms with Gasteiger partial charge in [0.05, 0.1) is 12.1 Å². The number of unbranched alkanes of at least 4 members (excludes halogenated alkanes) is 3. The number of aliphatic hydroxyl groups is 1. The second kappa shape index (κ2) is 25.3. The molecule has 0 aliphatic carbocycles. The monoisotopic (exact) mass is 498 g/mol. The molecule has 0 spiro atoms. The fourth-order valence-electron chi connectivity index (χ4n) is 2.39. The average Bonchev–Trinajstić information content (AvgIpc) is 2.80. The number of aliphatic carboxylic acids is 2. The van der Waals surface area contributed by atoms with E-state index >= 15 is 0 Å². The van der Waals surface area contributed by atoms with Crippen LogP contribution in [0.2, 0.25) is 0 Å². The van der Waals surface area contributed by atoms with Crippen molar-refractivity contribution in [3.63, 3.8) is 0 Å². The van der Waals surface area contributed by atoms with Gasteiger partial charge in [-0.05, 0) is 38.5 Å². The number of nitrogens with one attached hydrogen (secondary N) is 1. The molecule has 0 fully saturated rings. The van der Waals surface area contributed by atoms with Gasteiger partial charge in [-0.3, -0.25) is 14.4 Å². The largest absolute Gasteiger partial charge is 0.481 e. The van der Waals surface area contributed by atoms with Crippen LogP contribution in [0.15, 0.2) is 48.6 Å². The molecule has 194 valence electrons. The molecule has 2 unspecified atom stereocenters. The van der Waals surface area contributed by atoms with E-state index in [1.165, 1.54) is 25.7 Å². The van der Waals surface area contributed by atoms with E-state index in [0.29, 0.717) is 19.3 Å². The minimum atomic E-state index is -1.09. The van der Waals surface area contributed by atoms with E-state index in [-0.39, 0.29) is 12.2 Å². The third kappa shape index (κ3) is 27.7. The van der Waals surface area contributed by atoms with Crippen molar-refractivity contribution in [1.82, 2.24) is 5.32 Å². The quantitative estimate of drug-likeness (QED) is 0.0731. The van der Waals surface area contributed by atoms with Crippen LogP contribution in [0.4, 0.5) is 0 Å². The molecular formula is C25H42N2O6S. The van der Waals surface area contributed by atoms with Gasteiger partial charge in [0.2, 0.25) is 5.91 Å². The number of carboxylic acids is 2. The van der Waals surface area contributed by atoms with Crippen LogP contribution in [0.3, 0.4) is 0 Å². The molecule has 0 aromatic carbocycles. The van der Waals surface area contributed by atoms with Crippen molar-refractivity contribution in [2.75, 3.05) is 12.3 Å². The highest BCUT2D eigenvalue weighted by Crippen LogP contribution is 2.05. The number of hydrogen-bond acceptors (Lipinski definition) is 6. The zero-order chi connectivity index (χ0) is 26.0. The van der Waals surface area contributed by atoms with E-state index in [9.17, 15) is 19.5 Å². The summed E-state index contributed by atoms with van der Waals surface area (Å²) in [6.07, 6.45) is 23.6. The van der Waals surface area contributed by atoms with Gasteiger partial charge in [-0.1, -0.05) is 68.4 Å². The predicted molar refractivity (Wildman–Crippen MR) is 140 cm³/mol. The Kier molecular flexibility index (Phi) is 25.1. The highest BCUT2D eigenvalue weighted by atomic mass is 32.1. The summed E-state index contributed by atoms with van der Waals surface area (Å²) < 4.78 is 0. The molecule has 0 aliphatic heterocycles. The Morgan fingerprint density at radius 2 is 1.62 bits per heavy atom. The minimum absolute atomic E-state index is 0.124. The summed E-state index contributed by atoms with van der Waals surface area (Å²) in [5.74, 6) is -2.20. The number of carboxylic acid groups (broad SMARTS) is 2. The van der Waals surface area contributed by atoms with E-state index in [1.54, 1.807) is 0 Å². The zero-order valence-corrected chi connectivity index (χ0v) is 21.0. The summed E-state index contributed by atoms with van der Waals surface area (Å²) in [5, 5.41) is 28.4. The van der Waals surface area contributed by atoms with Crippen LogP contribution in [0.5, 0.6) is 0 Å². The van der Waals surface area contributed by atoms with Crippen LogP contribution in [-0.2, 0) is 14.4 Å². The van der Waals surface area contributed by atoms with E-state index in [2.05, 4.69) is 43.1 Å². The second-order valence-corrected chi connectivity index (χ2v) is 7.89. The van der Waals surface area contributed by atoms with Crippen molar-refractivity contribution >= 4 is 30.5 Å². The summed E-state index contributed by atoms with van der Waals surface area (Å²) in [6, 6.07) is -0.738. The Balaban J connectivity index is 0. The Hall–Kier alpha value is -2.36. The van der Waals surface area contributed by atoms with Gasteiger partial charge in [-0.25, -0.2) is 0 Å². The minimum Gasteiger partial charge on any atom is -0.481 e. The first-order valence-corrected chi connectivity index (χ1v) is 12.3. The van der Waals surface area contributed by atoms with Gasteiger partial charge in [0.25, 0.3) is 0 Å². The molecule has 0 aromatic heterocycles. The van der Waals surface area contributed by atoms with E-state index in [4.69, 9.17) is 15.9 Å². The topological polar surface area (TPSA) is 150 Å². The molecule has 0 bridgehead atoms. The first kappa shape index (κ1) is 33.8. The summed E-state index contributed by atoms with van der Waals surface area (Å²) in [6.45, 7) is 1.81. The lowest BCUT2D eigenvalue weighted by molar-refractivity contribution is -0.138. The van der Waals surface area contributed by atoms with Gasteiger partial charge >= 0.3 is 11.9 Å². The number of rotatable bonds is 18. The molecule has 2 atom stereocenters. The number of carbonyl (C=O) groups is 3. The SMILES string of the molecule is CCCCC/C=C\C\C=C/C=C/C=C/CC(O)CCCC(=O)O.NC(CS)C(=O)NCC(=O)O. The number of thiol groups is 1. The molecule has 0 heterocycles. The number of hydrogen-bond donors (Lipinski definition) is 6. The molecular weight excluding hydrogens is 456 g/mol. The number of amides is 1. The van der Waals surface area contributed by atoms with Gasteiger partial charge in [0, 0.05) is 12.2 Å². The summed E-state index contributed by atoms with van der Waals surface area (Å²) in [5.41, 5.74) is 5.22. The molecule has 9 heteroatoms. The molecule has 0 aliphatic rings. The van der Waals surface area contributed by atoms with Gasteiger partial charge in [-0.2, -0.15) is 12.6 Å². The van der Waals surface area contributed by atoms with Crippen LogP contribution in [0.1, 0.15) is 64.7 Å². The van der Waals surface area contributed by atoms with Crippen LogP contribution < -0.4 is 11.1 Å². The van der Waals surface area contributed by atoms with E-state index in [1.807, 2.05) is 30.4 Å². The maximum atomic E-state index is 10.7. The molecule has 0 aromatic rings. The summed E-state index contributed by atoms with van der Waals surface area (Å²) in [7, 11) is 0. The maximum absolute atomic E-state index is 10.7. The van der Waals surface area contributed by atoms with Crippen molar-refractivity contribution in [3.8, 4) is 0 Å². The molecule has 34 heavy (non-hydrogen) atoms. The van der Waals surface area contributed by atoms with Crippen LogP contribution in [0, 0.1) is 0 Å². The molecule has 0 saturated heterocycles. The molecule has 6 N–H and O–H groups in total. The molecule has 0 saturated carbocycles. The number of aliphatic hydroxyl groups excluding tert-OH is 1. The van der Waals surface area contributed by atoms with Crippen molar-refractivity contribution in [2.45, 2.75) is 76.9 Å². The van der Waals surface area contributed by atoms with Gasteiger partial charge < -0.3 is 26.4 Å². The molecule has 0 radical (unpaired) electrons.